The van der Waals surface area contributed by atoms with Crippen LogP contribution in [-0.4, -0.2) is 0 Å². The summed E-state index contributed by atoms with van der Waals surface area (Å²) in [5.41, 5.74) is 1.77. The summed E-state index contributed by atoms with van der Waals surface area (Å²) in [6, 6.07) is 0. The van der Waals surface area contributed by atoms with Crippen LogP contribution in [0.3, 0.4) is 0 Å². The Balaban J connectivity index is 2.43. The van der Waals surface area contributed by atoms with E-state index in [4.69, 9.17) is 0 Å². The summed E-state index contributed by atoms with van der Waals surface area (Å²) >= 11 is 0. The second kappa shape index (κ2) is 10.7. The van der Waals surface area contributed by atoms with Crippen LogP contribution in [0.5, 0.6) is 0 Å². The Bertz CT molecular complexity index is 356. The van der Waals surface area contributed by atoms with Crippen molar-refractivity contribution in [3.8, 4) is 0 Å². The van der Waals surface area contributed by atoms with Crippen molar-refractivity contribution in [2.75, 3.05) is 0 Å². The average molecular weight is 335 g/mol. The maximum absolute atomic E-state index is 2.65. The number of rotatable bonds is 11. The molecule has 1 aliphatic carbocycles. The highest BCUT2D eigenvalue weighted by atomic mass is 14.3. The van der Waals surface area contributed by atoms with E-state index in [0.29, 0.717) is 0 Å². The summed E-state index contributed by atoms with van der Waals surface area (Å²) < 4.78 is 0. The van der Waals surface area contributed by atoms with Crippen molar-refractivity contribution in [3.63, 3.8) is 0 Å². The minimum absolute atomic E-state index is 0.819. The van der Waals surface area contributed by atoms with Gasteiger partial charge in [-0.2, -0.15) is 0 Å². The molecule has 0 radical (unpaired) electrons. The summed E-state index contributed by atoms with van der Waals surface area (Å²) in [6.07, 6.45) is 12.4. The van der Waals surface area contributed by atoms with E-state index in [1.54, 1.807) is 5.57 Å². The zero-order valence-corrected chi connectivity index (χ0v) is 18.1. The standard InChI is InChI=1S/C24H46/c1-9-18(6)24(11-3)16-23-14-22(15-23)13-21(10-2)12-19(7)20(8)17(4)5/h16-22,24H,9-15H2,1-8H3. The van der Waals surface area contributed by atoms with Crippen molar-refractivity contribution in [1.29, 1.82) is 0 Å². The average Bonchev–Trinajstić information content (AvgIpc) is 2.53. The highest BCUT2D eigenvalue weighted by Crippen LogP contribution is 2.41. The molecule has 0 heteroatoms. The molecular weight excluding hydrogens is 288 g/mol. The van der Waals surface area contributed by atoms with Crippen molar-refractivity contribution < 1.29 is 0 Å². The Labute approximate surface area is 153 Å². The van der Waals surface area contributed by atoms with Gasteiger partial charge in [-0.05, 0) is 73.5 Å². The first kappa shape index (κ1) is 21.8. The third-order valence-corrected chi connectivity index (χ3v) is 7.30. The number of hydrogen-bond acceptors (Lipinski definition) is 0. The molecule has 0 spiro atoms. The molecule has 1 fully saturated rings. The predicted octanol–water partition coefficient (Wildman–Crippen LogP) is 8.13. The van der Waals surface area contributed by atoms with E-state index in [-0.39, 0.29) is 0 Å². The monoisotopic (exact) mass is 334 g/mol. The van der Waals surface area contributed by atoms with Gasteiger partial charge in [0.25, 0.3) is 0 Å². The molecule has 0 aliphatic heterocycles. The van der Waals surface area contributed by atoms with Crippen LogP contribution in [0.1, 0.15) is 100 Å². The smallest absolute Gasteiger partial charge is 0.0208 e. The summed E-state index contributed by atoms with van der Waals surface area (Å²) in [7, 11) is 0. The number of allylic oxidation sites excluding steroid dienone is 2. The fourth-order valence-electron chi connectivity index (χ4n) is 4.57. The molecule has 5 unspecified atom stereocenters. The summed E-state index contributed by atoms with van der Waals surface area (Å²) in [5.74, 6) is 6.16. The first-order chi connectivity index (χ1) is 11.3. The summed E-state index contributed by atoms with van der Waals surface area (Å²) in [6.45, 7) is 19.2. The molecule has 0 nitrogen and oxygen atoms in total. The van der Waals surface area contributed by atoms with Crippen molar-refractivity contribution >= 4 is 0 Å². The van der Waals surface area contributed by atoms with Gasteiger partial charge < -0.3 is 0 Å². The molecule has 0 saturated heterocycles. The quantitative estimate of drug-likeness (QED) is 0.334. The Hall–Kier alpha value is -0.260. The Kier molecular flexibility index (Phi) is 9.68. The number of hydrogen-bond donors (Lipinski definition) is 0. The molecule has 1 aliphatic rings. The van der Waals surface area contributed by atoms with Gasteiger partial charge in [-0.15, -0.1) is 0 Å². The molecule has 0 N–H and O–H groups in total. The molecule has 0 amide bonds. The van der Waals surface area contributed by atoms with E-state index in [1.807, 2.05) is 0 Å². The van der Waals surface area contributed by atoms with Crippen LogP contribution in [0.2, 0.25) is 0 Å². The lowest BCUT2D eigenvalue weighted by Crippen LogP contribution is -2.23. The van der Waals surface area contributed by atoms with Gasteiger partial charge in [0.1, 0.15) is 0 Å². The van der Waals surface area contributed by atoms with E-state index in [0.717, 1.165) is 41.4 Å². The Morgan fingerprint density at radius 1 is 0.875 bits per heavy atom. The highest BCUT2D eigenvalue weighted by molar-refractivity contribution is 5.15. The lowest BCUT2D eigenvalue weighted by Gasteiger charge is -2.35. The maximum atomic E-state index is 2.65. The predicted molar refractivity (Wildman–Crippen MR) is 110 cm³/mol. The Morgan fingerprint density at radius 3 is 1.96 bits per heavy atom. The van der Waals surface area contributed by atoms with Gasteiger partial charge in [-0.3, -0.25) is 0 Å². The van der Waals surface area contributed by atoms with Gasteiger partial charge in [0.2, 0.25) is 0 Å². The largest absolute Gasteiger partial charge is 0.0819 e. The van der Waals surface area contributed by atoms with Crippen LogP contribution in [0.4, 0.5) is 0 Å². The van der Waals surface area contributed by atoms with Crippen LogP contribution in [0, 0.1) is 41.4 Å². The van der Waals surface area contributed by atoms with Gasteiger partial charge in [0, 0.05) is 0 Å². The molecule has 142 valence electrons. The molecule has 0 aromatic rings. The van der Waals surface area contributed by atoms with E-state index in [1.165, 1.54) is 44.9 Å². The fourth-order valence-corrected chi connectivity index (χ4v) is 4.57. The van der Waals surface area contributed by atoms with Crippen molar-refractivity contribution in [3.05, 3.63) is 11.6 Å². The molecule has 5 atom stereocenters. The normalized spacial score (nSPS) is 24.2. The molecule has 1 rings (SSSR count). The van der Waals surface area contributed by atoms with E-state index >= 15 is 0 Å². The lowest BCUT2D eigenvalue weighted by molar-refractivity contribution is 0.211. The van der Waals surface area contributed by atoms with Gasteiger partial charge in [0.15, 0.2) is 0 Å². The Morgan fingerprint density at radius 2 is 1.50 bits per heavy atom. The lowest BCUT2D eigenvalue weighted by atomic mass is 9.70. The van der Waals surface area contributed by atoms with Gasteiger partial charge in [-0.1, -0.05) is 79.9 Å². The van der Waals surface area contributed by atoms with Gasteiger partial charge in [0.05, 0.1) is 0 Å². The molecule has 0 aromatic heterocycles. The molecule has 0 aromatic carbocycles. The van der Waals surface area contributed by atoms with Gasteiger partial charge in [-0.25, -0.2) is 0 Å². The molecular formula is C24H46. The minimum Gasteiger partial charge on any atom is -0.0819 e. The molecule has 0 bridgehead atoms. The summed E-state index contributed by atoms with van der Waals surface area (Å²) in [4.78, 5) is 0. The topological polar surface area (TPSA) is 0 Å². The van der Waals surface area contributed by atoms with Crippen molar-refractivity contribution in [2.24, 2.45) is 41.4 Å². The molecule has 24 heavy (non-hydrogen) atoms. The van der Waals surface area contributed by atoms with Crippen LogP contribution in [0.15, 0.2) is 11.6 Å². The fraction of sp³-hybridized carbons (Fsp3) is 0.917. The van der Waals surface area contributed by atoms with E-state index in [2.05, 4.69) is 61.5 Å². The van der Waals surface area contributed by atoms with Crippen LogP contribution < -0.4 is 0 Å². The second-order valence-electron chi connectivity index (χ2n) is 9.38. The van der Waals surface area contributed by atoms with Crippen LogP contribution in [-0.2, 0) is 0 Å². The van der Waals surface area contributed by atoms with Crippen molar-refractivity contribution in [2.45, 2.75) is 100 Å². The summed E-state index contributed by atoms with van der Waals surface area (Å²) in [5, 5.41) is 0. The molecule has 1 saturated carbocycles. The van der Waals surface area contributed by atoms with Crippen LogP contribution >= 0.6 is 0 Å². The third kappa shape index (κ3) is 6.57. The molecule has 0 heterocycles. The highest BCUT2D eigenvalue weighted by Gasteiger charge is 2.28. The second-order valence-corrected chi connectivity index (χ2v) is 9.38. The first-order valence-electron chi connectivity index (χ1n) is 11.0. The maximum Gasteiger partial charge on any atom is -0.0208 e. The minimum atomic E-state index is 0.819. The van der Waals surface area contributed by atoms with E-state index < -0.39 is 0 Å². The van der Waals surface area contributed by atoms with Crippen LogP contribution in [0.25, 0.3) is 0 Å². The first-order valence-corrected chi connectivity index (χ1v) is 11.0. The van der Waals surface area contributed by atoms with Gasteiger partial charge >= 0.3 is 0 Å². The van der Waals surface area contributed by atoms with Crippen molar-refractivity contribution in [1.82, 2.24) is 0 Å². The zero-order valence-electron chi connectivity index (χ0n) is 18.1. The SMILES string of the molecule is CCC(CC1CC(=CC(CC)C(C)CC)C1)CC(C)C(C)C(C)C. The third-order valence-electron chi connectivity index (χ3n) is 7.30. The van der Waals surface area contributed by atoms with E-state index in [9.17, 15) is 0 Å². The zero-order chi connectivity index (χ0) is 18.3.